The van der Waals surface area contributed by atoms with Crippen LogP contribution in [0.3, 0.4) is 0 Å². The van der Waals surface area contributed by atoms with Crippen LogP contribution in [0.4, 0.5) is 0 Å². The minimum Gasteiger partial charge on any atom is -0.359 e. The molecule has 0 aliphatic carbocycles. The van der Waals surface area contributed by atoms with Crippen molar-refractivity contribution in [2.45, 2.75) is 20.8 Å². The number of nitrogens with zero attached hydrogens (tertiary/aromatic N) is 2. The largest absolute Gasteiger partial charge is 0.359 e. The maximum Gasteiger partial charge on any atom is 0.202 e. The summed E-state index contributed by atoms with van der Waals surface area (Å²) in [4.78, 5) is 4.00. The molecule has 0 unspecified atom stereocenters. The third-order valence-corrected chi connectivity index (χ3v) is 1.44. The molecule has 2 heterocycles. The topological polar surface area (TPSA) is 38.9 Å². The van der Waals surface area contributed by atoms with Crippen LogP contribution in [-0.2, 0) is 0 Å². The zero-order valence-corrected chi connectivity index (χ0v) is 7.53. The van der Waals surface area contributed by atoms with E-state index in [0.717, 1.165) is 11.1 Å². The van der Waals surface area contributed by atoms with Crippen LogP contribution in [-0.4, -0.2) is 10.1 Å². The molecule has 0 saturated heterocycles. The molecule has 0 fully saturated rings. The molecule has 0 spiro atoms. The van der Waals surface area contributed by atoms with Crippen LogP contribution in [0.15, 0.2) is 22.9 Å². The van der Waals surface area contributed by atoms with Gasteiger partial charge in [0.2, 0.25) is 5.65 Å². The highest BCUT2D eigenvalue weighted by Gasteiger charge is 2.00. The van der Waals surface area contributed by atoms with Crippen molar-refractivity contribution in [3.63, 3.8) is 0 Å². The Balaban J connectivity index is 0.000000336. The fourth-order valence-electron chi connectivity index (χ4n) is 0.905. The lowest BCUT2D eigenvalue weighted by molar-refractivity contribution is 0.404. The molecule has 0 aromatic carbocycles. The molecule has 0 aliphatic heterocycles. The van der Waals surface area contributed by atoms with Gasteiger partial charge in [-0.3, -0.25) is 0 Å². The average molecular weight is 164 g/mol. The van der Waals surface area contributed by atoms with Gasteiger partial charge in [-0.1, -0.05) is 19.0 Å². The summed E-state index contributed by atoms with van der Waals surface area (Å²) in [5.41, 5.74) is 0.681. The lowest BCUT2D eigenvalue weighted by Gasteiger charge is -1.81. The Labute approximate surface area is 71.4 Å². The molecule has 0 bridgehead atoms. The Morgan fingerprint density at radius 1 is 1.33 bits per heavy atom. The van der Waals surface area contributed by atoms with Gasteiger partial charge in [0.05, 0.1) is 5.39 Å². The number of aryl methyl sites for hydroxylation is 1. The molecule has 0 atom stereocenters. The molecule has 0 amide bonds. The van der Waals surface area contributed by atoms with E-state index in [0.29, 0.717) is 5.65 Å². The first-order valence-corrected chi connectivity index (χ1v) is 4.05. The highest BCUT2D eigenvalue weighted by atomic mass is 16.5. The number of hydrogen-bond donors (Lipinski definition) is 0. The van der Waals surface area contributed by atoms with E-state index in [4.69, 9.17) is 4.52 Å². The van der Waals surface area contributed by atoms with E-state index in [2.05, 4.69) is 10.1 Å². The smallest absolute Gasteiger partial charge is 0.202 e. The van der Waals surface area contributed by atoms with Gasteiger partial charge in [-0.2, -0.15) is 0 Å². The molecule has 0 saturated carbocycles. The van der Waals surface area contributed by atoms with Crippen LogP contribution in [0.5, 0.6) is 0 Å². The van der Waals surface area contributed by atoms with E-state index >= 15 is 0 Å². The Morgan fingerprint density at radius 3 is 2.75 bits per heavy atom. The lowest BCUT2D eigenvalue weighted by Crippen LogP contribution is -1.72. The van der Waals surface area contributed by atoms with E-state index in [1.165, 1.54) is 0 Å². The van der Waals surface area contributed by atoms with E-state index in [-0.39, 0.29) is 0 Å². The van der Waals surface area contributed by atoms with Gasteiger partial charge in [0.25, 0.3) is 0 Å². The maximum absolute atomic E-state index is 4.90. The summed E-state index contributed by atoms with van der Waals surface area (Å²) < 4.78 is 4.90. The van der Waals surface area contributed by atoms with Crippen molar-refractivity contribution in [1.82, 2.24) is 10.1 Å². The summed E-state index contributed by atoms with van der Waals surface area (Å²) in [6.45, 7) is 5.87. The zero-order valence-electron chi connectivity index (χ0n) is 7.53. The molecular weight excluding hydrogens is 152 g/mol. The highest BCUT2D eigenvalue weighted by molar-refractivity contribution is 5.75. The van der Waals surface area contributed by atoms with Crippen molar-refractivity contribution in [3.8, 4) is 0 Å². The predicted molar refractivity (Wildman–Crippen MR) is 47.9 cm³/mol. The minimum absolute atomic E-state index is 0.681. The molecular formula is C9H12N2O. The van der Waals surface area contributed by atoms with Crippen LogP contribution in [0.1, 0.15) is 19.6 Å². The third-order valence-electron chi connectivity index (χ3n) is 1.44. The number of aromatic nitrogens is 2. The Bertz CT molecular complexity index is 354. The summed E-state index contributed by atoms with van der Waals surface area (Å²) in [5.74, 6) is 0.822. The Kier molecular flexibility index (Phi) is 2.80. The van der Waals surface area contributed by atoms with Crippen LogP contribution in [0.2, 0.25) is 0 Å². The Morgan fingerprint density at radius 2 is 2.08 bits per heavy atom. The number of hydrogen-bond acceptors (Lipinski definition) is 3. The molecule has 3 heteroatoms. The quantitative estimate of drug-likeness (QED) is 0.600. The fourth-order valence-corrected chi connectivity index (χ4v) is 0.905. The SMILES string of the molecule is CC.Cc1onc2ncccc12. The Hall–Kier alpha value is -1.38. The second kappa shape index (κ2) is 3.85. The molecule has 12 heavy (non-hydrogen) atoms. The van der Waals surface area contributed by atoms with Gasteiger partial charge >= 0.3 is 0 Å². The maximum atomic E-state index is 4.90. The van der Waals surface area contributed by atoms with E-state index < -0.39 is 0 Å². The van der Waals surface area contributed by atoms with Crippen molar-refractivity contribution in [3.05, 3.63) is 24.1 Å². The van der Waals surface area contributed by atoms with Crippen molar-refractivity contribution in [2.24, 2.45) is 0 Å². The second-order valence-corrected chi connectivity index (χ2v) is 2.11. The summed E-state index contributed by atoms with van der Waals surface area (Å²) >= 11 is 0. The van der Waals surface area contributed by atoms with Crippen molar-refractivity contribution < 1.29 is 4.52 Å². The molecule has 2 aromatic heterocycles. The first-order chi connectivity index (χ1) is 5.88. The van der Waals surface area contributed by atoms with E-state index in [1.54, 1.807) is 6.20 Å². The van der Waals surface area contributed by atoms with Gasteiger partial charge in [0, 0.05) is 6.20 Å². The van der Waals surface area contributed by atoms with Gasteiger partial charge in [-0.05, 0) is 19.1 Å². The number of fused-ring (bicyclic) bond motifs is 1. The molecule has 0 N–H and O–H groups in total. The fraction of sp³-hybridized carbons (Fsp3) is 0.333. The van der Waals surface area contributed by atoms with Crippen molar-refractivity contribution in [1.29, 1.82) is 0 Å². The van der Waals surface area contributed by atoms with Crippen LogP contribution in [0.25, 0.3) is 11.0 Å². The first-order valence-electron chi connectivity index (χ1n) is 4.05. The molecule has 64 valence electrons. The van der Waals surface area contributed by atoms with Crippen LogP contribution >= 0.6 is 0 Å². The normalized spacial score (nSPS) is 9.25. The van der Waals surface area contributed by atoms with Gasteiger partial charge in [-0.15, -0.1) is 0 Å². The molecule has 0 radical (unpaired) electrons. The number of rotatable bonds is 0. The lowest BCUT2D eigenvalue weighted by atomic mass is 10.3. The summed E-state index contributed by atoms with van der Waals surface area (Å²) in [6.07, 6.45) is 1.70. The van der Waals surface area contributed by atoms with Crippen LogP contribution in [0, 0.1) is 6.92 Å². The van der Waals surface area contributed by atoms with E-state index in [9.17, 15) is 0 Å². The molecule has 0 aliphatic rings. The zero-order chi connectivity index (χ0) is 8.97. The summed E-state index contributed by atoms with van der Waals surface area (Å²) in [7, 11) is 0. The summed E-state index contributed by atoms with van der Waals surface area (Å²) in [5, 5.41) is 4.72. The average Bonchev–Trinajstić information content (AvgIpc) is 2.53. The van der Waals surface area contributed by atoms with Crippen molar-refractivity contribution >= 4 is 11.0 Å². The van der Waals surface area contributed by atoms with Gasteiger partial charge < -0.3 is 4.52 Å². The van der Waals surface area contributed by atoms with Gasteiger partial charge in [-0.25, -0.2) is 4.98 Å². The van der Waals surface area contributed by atoms with E-state index in [1.807, 2.05) is 32.9 Å². The molecule has 3 nitrogen and oxygen atoms in total. The number of pyridine rings is 1. The highest BCUT2D eigenvalue weighted by Crippen LogP contribution is 2.12. The van der Waals surface area contributed by atoms with Crippen LogP contribution < -0.4 is 0 Å². The minimum atomic E-state index is 0.681. The first kappa shape index (κ1) is 8.71. The molecule has 2 rings (SSSR count). The van der Waals surface area contributed by atoms with Gasteiger partial charge in [0.1, 0.15) is 5.76 Å². The monoisotopic (exact) mass is 164 g/mol. The second-order valence-electron chi connectivity index (χ2n) is 2.11. The standard InChI is InChI=1S/C7H6N2O.C2H6/c1-5-6-3-2-4-8-7(6)9-10-5;1-2/h2-4H,1H3;1-2H3. The van der Waals surface area contributed by atoms with Gasteiger partial charge in [0.15, 0.2) is 0 Å². The van der Waals surface area contributed by atoms with Crippen molar-refractivity contribution in [2.75, 3.05) is 0 Å². The third kappa shape index (κ3) is 1.44. The predicted octanol–water partition coefficient (Wildman–Crippen LogP) is 2.56. The molecule has 2 aromatic rings. The summed E-state index contributed by atoms with van der Waals surface area (Å²) in [6, 6.07) is 3.81.